The maximum absolute atomic E-state index is 14.4. The molecule has 0 atom stereocenters. The van der Waals surface area contributed by atoms with E-state index in [2.05, 4.69) is 15.2 Å². The molecular weight excluding hydrogens is 581 g/mol. The van der Waals surface area contributed by atoms with Gasteiger partial charge >= 0.3 is 0 Å². The van der Waals surface area contributed by atoms with Crippen molar-refractivity contribution in [2.75, 3.05) is 48.4 Å². The standard InChI is InChI=1S/C31H32ClF3N6O2/c1-39(2)25-4-3-5-26(38-25)40-16-31(17-40)23-11-8-20(33)13-24(23)41(30(31)43)15-18-6-9-21(10-7-18)37-29(42)22-12-19(32)14-36-27(22)28(34)35/h3-5,8,11-14,18,21,28H,6-7,9-10,15-17H2,1-2H3,(H,37,42)/t18-,21-. The summed E-state index contributed by atoms with van der Waals surface area (Å²) < 4.78 is 41.2. The highest BCUT2D eigenvalue weighted by molar-refractivity contribution is 6.30. The molecule has 3 aliphatic rings. The van der Waals surface area contributed by atoms with Crippen LogP contribution in [0.4, 0.5) is 30.5 Å². The fourth-order valence-corrected chi connectivity index (χ4v) is 6.68. The summed E-state index contributed by atoms with van der Waals surface area (Å²) >= 11 is 5.91. The van der Waals surface area contributed by atoms with E-state index in [0.29, 0.717) is 38.2 Å². The molecule has 0 bridgehead atoms. The maximum atomic E-state index is 14.4. The topological polar surface area (TPSA) is 81.7 Å². The van der Waals surface area contributed by atoms with Gasteiger partial charge in [0.1, 0.15) is 28.6 Å². The summed E-state index contributed by atoms with van der Waals surface area (Å²) in [6, 6.07) is 11.4. The molecular formula is C31H32ClF3N6O2. The Labute approximate surface area is 252 Å². The predicted molar refractivity (Wildman–Crippen MR) is 159 cm³/mol. The minimum atomic E-state index is -2.90. The third-order valence-electron chi connectivity index (χ3n) is 8.80. The first-order chi connectivity index (χ1) is 20.6. The molecule has 2 aromatic heterocycles. The molecule has 3 aromatic rings. The van der Waals surface area contributed by atoms with Crippen LogP contribution < -0.4 is 20.0 Å². The monoisotopic (exact) mass is 612 g/mol. The zero-order chi connectivity index (χ0) is 30.5. The Morgan fingerprint density at radius 2 is 1.88 bits per heavy atom. The molecule has 2 aliphatic heterocycles. The van der Waals surface area contributed by atoms with E-state index in [9.17, 15) is 22.8 Å². The quantitative estimate of drug-likeness (QED) is 0.387. The Morgan fingerprint density at radius 3 is 2.58 bits per heavy atom. The summed E-state index contributed by atoms with van der Waals surface area (Å²) in [5, 5.41) is 2.96. The van der Waals surface area contributed by atoms with Crippen LogP contribution in [0.1, 0.15) is 53.7 Å². The Balaban J connectivity index is 1.12. The van der Waals surface area contributed by atoms with Gasteiger partial charge in [0, 0.05) is 46.0 Å². The van der Waals surface area contributed by atoms with Crippen LogP contribution >= 0.6 is 11.6 Å². The number of halogens is 4. The molecule has 4 heterocycles. The van der Waals surface area contributed by atoms with Gasteiger partial charge in [-0.3, -0.25) is 14.6 Å². The lowest BCUT2D eigenvalue weighted by Crippen LogP contribution is -2.64. The van der Waals surface area contributed by atoms with Crippen LogP contribution in [-0.2, 0) is 10.2 Å². The average Bonchev–Trinajstić information content (AvgIpc) is 3.19. The number of carbonyl (C=O) groups is 2. The minimum absolute atomic E-state index is 0.0310. The van der Waals surface area contributed by atoms with E-state index >= 15 is 0 Å². The van der Waals surface area contributed by atoms with Crippen molar-refractivity contribution >= 4 is 40.7 Å². The fourth-order valence-electron chi connectivity index (χ4n) is 6.52. The summed E-state index contributed by atoms with van der Waals surface area (Å²) in [6.45, 7) is 1.37. The molecule has 8 nitrogen and oxygen atoms in total. The number of benzene rings is 1. The van der Waals surface area contributed by atoms with E-state index in [1.807, 2.05) is 37.2 Å². The highest BCUT2D eigenvalue weighted by atomic mass is 35.5. The molecule has 12 heteroatoms. The summed E-state index contributed by atoms with van der Waals surface area (Å²) in [4.78, 5) is 40.9. The van der Waals surface area contributed by atoms with Gasteiger partial charge in [-0.2, -0.15) is 0 Å². The van der Waals surface area contributed by atoms with Gasteiger partial charge in [-0.05, 0) is 67.5 Å². The van der Waals surface area contributed by atoms with Gasteiger partial charge in [0.05, 0.1) is 16.3 Å². The van der Waals surface area contributed by atoms with Gasteiger partial charge in [0.25, 0.3) is 12.3 Å². The molecule has 1 aromatic carbocycles. The first-order valence-corrected chi connectivity index (χ1v) is 14.7. The van der Waals surface area contributed by atoms with Crippen molar-refractivity contribution in [1.29, 1.82) is 0 Å². The second kappa shape index (κ2) is 11.3. The lowest BCUT2D eigenvalue weighted by Gasteiger charge is -2.47. The number of fused-ring (bicyclic) bond motifs is 2. The van der Waals surface area contributed by atoms with Gasteiger partial charge in [0.15, 0.2) is 0 Å². The number of aromatic nitrogens is 2. The molecule has 6 rings (SSSR count). The van der Waals surface area contributed by atoms with Crippen molar-refractivity contribution in [2.45, 2.75) is 43.6 Å². The molecule has 1 spiro atoms. The predicted octanol–water partition coefficient (Wildman–Crippen LogP) is 5.37. The maximum Gasteiger partial charge on any atom is 0.281 e. The summed E-state index contributed by atoms with van der Waals surface area (Å²) in [6.07, 6.45) is 0.882. The van der Waals surface area contributed by atoms with Gasteiger partial charge in [-0.15, -0.1) is 0 Å². The molecule has 1 saturated heterocycles. The van der Waals surface area contributed by atoms with Crippen molar-refractivity contribution < 1.29 is 22.8 Å². The zero-order valence-corrected chi connectivity index (χ0v) is 24.6. The molecule has 1 saturated carbocycles. The van der Waals surface area contributed by atoms with Crippen LogP contribution in [-0.4, -0.2) is 61.6 Å². The lowest BCUT2D eigenvalue weighted by atomic mass is 9.74. The second-order valence-electron chi connectivity index (χ2n) is 11.8. The fraction of sp³-hybridized carbons (Fsp3) is 0.419. The Bertz CT molecular complexity index is 1560. The van der Waals surface area contributed by atoms with E-state index < -0.39 is 29.3 Å². The smallest absolute Gasteiger partial charge is 0.281 e. The van der Waals surface area contributed by atoms with Crippen LogP contribution in [0.25, 0.3) is 0 Å². The number of rotatable bonds is 7. The van der Waals surface area contributed by atoms with Crippen LogP contribution in [0.5, 0.6) is 0 Å². The van der Waals surface area contributed by atoms with Crippen molar-refractivity contribution in [1.82, 2.24) is 15.3 Å². The van der Waals surface area contributed by atoms with E-state index in [0.717, 1.165) is 36.2 Å². The molecule has 0 unspecified atom stereocenters. The Morgan fingerprint density at radius 1 is 1.14 bits per heavy atom. The van der Waals surface area contributed by atoms with Crippen LogP contribution in [0, 0.1) is 11.7 Å². The minimum Gasteiger partial charge on any atom is -0.363 e. The molecule has 226 valence electrons. The first-order valence-electron chi connectivity index (χ1n) is 14.3. The van der Waals surface area contributed by atoms with E-state index in [-0.39, 0.29) is 28.5 Å². The molecule has 2 amide bonds. The molecule has 43 heavy (non-hydrogen) atoms. The normalized spacial score (nSPS) is 20.8. The van der Waals surface area contributed by atoms with Crippen LogP contribution in [0.2, 0.25) is 5.02 Å². The number of alkyl halides is 2. The van der Waals surface area contributed by atoms with Crippen LogP contribution in [0.15, 0.2) is 48.7 Å². The molecule has 2 fully saturated rings. The summed E-state index contributed by atoms with van der Waals surface area (Å²) in [7, 11) is 3.85. The number of hydrogen-bond donors (Lipinski definition) is 1. The number of amides is 2. The molecule has 0 radical (unpaired) electrons. The number of anilines is 3. The second-order valence-corrected chi connectivity index (χ2v) is 12.3. The number of nitrogens with zero attached hydrogens (tertiary/aromatic N) is 5. The van der Waals surface area contributed by atoms with Crippen molar-refractivity contribution in [3.05, 3.63) is 76.3 Å². The van der Waals surface area contributed by atoms with Gasteiger partial charge < -0.3 is 20.0 Å². The van der Waals surface area contributed by atoms with Gasteiger partial charge in [0.2, 0.25) is 5.91 Å². The third-order valence-corrected chi connectivity index (χ3v) is 9.01. The first kappa shape index (κ1) is 29.2. The number of pyridine rings is 2. The van der Waals surface area contributed by atoms with E-state index in [4.69, 9.17) is 16.6 Å². The third kappa shape index (κ3) is 5.39. The lowest BCUT2D eigenvalue weighted by molar-refractivity contribution is -0.124. The van der Waals surface area contributed by atoms with Crippen molar-refractivity contribution in [3.8, 4) is 0 Å². The summed E-state index contributed by atoms with van der Waals surface area (Å²) in [5.41, 5.74) is -0.127. The van der Waals surface area contributed by atoms with Crippen molar-refractivity contribution in [2.24, 2.45) is 5.92 Å². The van der Waals surface area contributed by atoms with E-state index in [1.54, 1.807) is 11.0 Å². The van der Waals surface area contributed by atoms with E-state index in [1.165, 1.54) is 18.2 Å². The Kier molecular flexibility index (Phi) is 7.70. The van der Waals surface area contributed by atoms with Gasteiger partial charge in [-0.25, -0.2) is 18.2 Å². The van der Waals surface area contributed by atoms with Gasteiger partial charge in [-0.1, -0.05) is 23.7 Å². The molecule has 1 N–H and O–H groups in total. The Hall–Kier alpha value is -3.86. The zero-order valence-electron chi connectivity index (χ0n) is 23.9. The van der Waals surface area contributed by atoms with Crippen molar-refractivity contribution in [3.63, 3.8) is 0 Å². The number of nitrogens with one attached hydrogen (secondary N) is 1. The number of carbonyl (C=O) groups excluding carboxylic acids is 2. The van der Waals surface area contributed by atoms with Crippen LogP contribution in [0.3, 0.4) is 0 Å². The highest BCUT2D eigenvalue weighted by Gasteiger charge is 2.58. The molecule has 1 aliphatic carbocycles. The average molecular weight is 613 g/mol. The summed E-state index contributed by atoms with van der Waals surface area (Å²) in [5.74, 6) is 0.705. The number of hydrogen-bond acceptors (Lipinski definition) is 6. The largest absolute Gasteiger partial charge is 0.363 e. The highest BCUT2D eigenvalue weighted by Crippen LogP contribution is 2.49. The SMILES string of the molecule is CN(C)c1cccc(N2CC3(C2)C(=O)N(C[C@H]2CC[C@H](NC(=O)c4cc(Cl)cnc4C(F)F)CC2)c2cc(F)ccc23)n1.